The smallest absolute Gasteiger partial charge is 0.278 e. The summed E-state index contributed by atoms with van der Waals surface area (Å²) in [7, 11) is 4.60. The van der Waals surface area contributed by atoms with Crippen molar-refractivity contribution < 1.29 is 28.5 Å². The SMILES string of the molecule is COc1cc(NC2=C(c3ccccc3OC)C(=O)N(CCOC(C)C)C2=O)cc(OC)c1. The van der Waals surface area contributed by atoms with Crippen LogP contribution in [0.1, 0.15) is 19.4 Å². The fourth-order valence-corrected chi connectivity index (χ4v) is 3.40. The van der Waals surface area contributed by atoms with E-state index in [1.54, 1.807) is 56.7 Å². The van der Waals surface area contributed by atoms with Gasteiger partial charge in [0.25, 0.3) is 11.8 Å². The molecule has 8 nitrogen and oxygen atoms in total. The molecular weight excluding hydrogens is 412 g/mol. The molecule has 2 aromatic carbocycles. The van der Waals surface area contributed by atoms with Gasteiger partial charge in [-0.3, -0.25) is 14.5 Å². The summed E-state index contributed by atoms with van der Waals surface area (Å²) in [5, 5.41) is 3.11. The Morgan fingerprint density at radius 3 is 2.16 bits per heavy atom. The molecule has 32 heavy (non-hydrogen) atoms. The van der Waals surface area contributed by atoms with Crippen LogP contribution in [0.3, 0.4) is 0 Å². The van der Waals surface area contributed by atoms with Crippen LogP contribution < -0.4 is 19.5 Å². The first kappa shape index (κ1) is 23.1. The number of carbonyl (C=O) groups excluding carboxylic acids is 2. The number of amides is 2. The Bertz CT molecular complexity index is 1010. The minimum Gasteiger partial charge on any atom is -0.497 e. The van der Waals surface area contributed by atoms with Gasteiger partial charge >= 0.3 is 0 Å². The maximum absolute atomic E-state index is 13.4. The van der Waals surface area contributed by atoms with Gasteiger partial charge in [-0.05, 0) is 19.9 Å². The lowest BCUT2D eigenvalue weighted by Gasteiger charge is -2.17. The third-order valence-electron chi connectivity index (χ3n) is 4.93. The van der Waals surface area contributed by atoms with E-state index in [-0.39, 0.29) is 30.5 Å². The summed E-state index contributed by atoms with van der Waals surface area (Å²) in [6.45, 7) is 4.18. The summed E-state index contributed by atoms with van der Waals surface area (Å²) in [4.78, 5) is 27.9. The zero-order chi connectivity index (χ0) is 23.3. The lowest BCUT2D eigenvalue weighted by Crippen LogP contribution is -2.35. The van der Waals surface area contributed by atoms with E-state index in [9.17, 15) is 9.59 Å². The maximum atomic E-state index is 13.4. The number of imide groups is 1. The van der Waals surface area contributed by atoms with Crippen LogP contribution in [0.25, 0.3) is 5.57 Å². The number of nitrogens with zero attached hydrogens (tertiary/aromatic N) is 1. The van der Waals surface area contributed by atoms with E-state index in [4.69, 9.17) is 18.9 Å². The number of ether oxygens (including phenoxy) is 4. The number of methoxy groups -OCH3 is 3. The monoisotopic (exact) mass is 440 g/mol. The van der Waals surface area contributed by atoms with Crippen LogP contribution in [0.4, 0.5) is 5.69 Å². The van der Waals surface area contributed by atoms with Gasteiger partial charge in [-0.1, -0.05) is 18.2 Å². The Morgan fingerprint density at radius 2 is 1.56 bits per heavy atom. The van der Waals surface area contributed by atoms with Crippen LogP contribution >= 0.6 is 0 Å². The van der Waals surface area contributed by atoms with Gasteiger partial charge in [0.2, 0.25) is 0 Å². The number of carbonyl (C=O) groups is 2. The molecule has 0 fully saturated rings. The zero-order valence-electron chi connectivity index (χ0n) is 18.9. The van der Waals surface area contributed by atoms with Crippen molar-refractivity contribution in [2.75, 3.05) is 39.8 Å². The average Bonchev–Trinajstić information content (AvgIpc) is 3.02. The molecule has 2 amide bonds. The van der Waals surface area contributed by atoms with E-state index < -0.39 is 11.8 Å². The van der Waals surface area contributed by atoms with Crippen molar-refractivity contribution in [2.24, 2.45) is 0 Å². The first-order valence-corrected chi connectivity index (χ1v) is 10.2. The largest absolute Gasteiger partial charge is 0.497 e. The molecule has 0 atom stereocenters. The van der Waals surface area contributed by atoms with E-state index in [1.165, 1.54) is 12.0 Å². The quantitative estimate of drug-likeness (QED) is 0.567. The summed E-state index contributed by atoms with van der Waals surface area (Å²) in [5.41, 5.74) is 1.46. The number of anilines is 1. The van der Waals surface area contributed by atoms with Crippen LogP contribution in [-0.2, 0) is 14.3 Å². The van der Waals surface area contributed by atoms with Gasteiger partial charge in [0.1, 0.15) is 22.9 Å². The summed E-state index contributed by atoms with van der Waals surface area (Å²) in [6.07, 6.45) is -0.00806. The van der Waals surface area contributed by atoms with E-state index in [1.807, 2.05) is 13.8 Å². The summed E-state index contributed by atoms with van der Waals surface area (Å²) >= 11 is 0. The standard InChI is InChI=1S/C24H28N2O6/c1-15(2)32-11-10-26-23(27)21(19-8-6-7-9-20(19)31-5)22(24(26)28)25-16-12-17(29-3)14-18(13-16)30-4/h6-9,12-15,25H,10-11H2,1-5H3. The van der Waals surface area contributed by atoms with Crippen molar-refractivity contribution in [3.05, 3.63) is 53.7 Å². The lowest BCUT2D eigenvalue weighted by molar-refractivity contribution is -0.137. The van der Waals surface area contributed by atoms with Gasteiger partial charge in [-0.2, -0.15) is 0 Å². The highest BCUT2D eigenvalue weighted by Gasteiger charge is 2.40. The molecule has 0 aromatic heterocycles. The van der Waals surface area contributed by atoms with Crippen molar-refractivity contribution in [1.82, 2.24) is 4.90 Å². The second-order valence-electron chi connectivity index (χ2n) is 7.36. The molecule has 0 saturated heterocycles. The Labute approximate surface area is 187 Å². The van der Waals surface area contributed by atoms with Crippen LogP contribution in [-0.4, -0.2) is 57.3 Å². The number of rotatable bonds is 10. The molecule has 0 spiro atoms. The molecule has 1 heterocycles. The zero-order valence-corrected chi connectivity index (χ0v) is 18.9. The van der Waals surface area contributed by atoms with Crippen LogP contribution in [0.5, 0.6) is 17.2 Å². The van der Waals surface area contributed by atoms with E-state index in [0.29, 0.717) is 28.5 Å². The average molecular weight is 440 g/mol. The summed E-state index contributed by atoms with van der Waals surface area (Å²) in [6, 6.07) is 12.3. The van der Waals surface area contributed by atoms with Gasteiger partial charge < -0.3 is 24.3 Å². The predicted octanol–water partition coefficient (Wildman–Crippen LogP) is 3.33. The fraction of sp³-hybridized carbons (Fsp3) is 0.333. The number of hydrogen-bond acceptors (Lipinski definition) is 7. The Morgan fingerprint density at radius 1 is 0.906 bits per heavy atom. The first-order chi connectivity index (χ1) is 15.4. The third-order valence-corrected chi connectivity index (χ3v) is 4.93. The molecule has 2 aromatic rings. The Hall–Kier alpha value is -3.52. The Balaban J connectivity index is 2.05. The normalized spacial score (nSPS) is 13.8. The fourth-order valence-electron chi connectivity index (χ4n) is 3.40. The number of para-hydroxylation sites is 1. The van der Waals surface area contributed by atoms with Crippen molar-refractivity contribution in [2.45, 2.75) is 20.0 Å². The molecule has 170 valence electrons. The molecule has 8 heteroatoms. The second-order valence-corrected chi connectivity index (χ2v) is 7.36. The molecular formula is C24H28N2O6. The predicted molar refractivity (Wildman–Crippen MR) is 121 cm³/mol. The minimum absolute atomic E-state index is 0.00806. The second kappa shape index (κ2) is 10.2. The molecule has 0 bridgehead atoms. The van der Waals surface area contributed by atoms with Gasteiger partial charge in [-0.25, -0.2) is 0 Å². The molecule has 1 N–H and O–H groups in total. The molecule has 0 radical (unpaired) electrons. The van der Waals surface area contributed by atoms with Crippen LogP contribution in [0, 0.1) is 0 Å². The van der Waals surface area contributed by atoms with E-state index in [2.05, 4.69) is 5.32 Å². The molecule has 3 rings (SSSR count). The first-order valence-electron chi connectivity index (χ1n) is 10.2. The molecule has 1 aliphatic rings. The third kappa shape index (κ3) is 4.86. The van der Waals surface area contributed by atoms with Crippen molar-refractivity contribution in [1.29, 1.82) is 0 Å². The minimum atomic E-state index is -0.440. The van der Waals surface area contributed by atoms with Crippen molar-refractivity contribution in [3.63, 3.8) is 0 Å². The van der Waals surface area contributed by atoms with E-state index in [0.717, 1.165) is 0 Å². The Kier molecular flexibility index (Phi) is 7.37. The van der Waals surface area contributed by atoms with Gasteiger partial charge in [0, 0.05) is 29.4 Å². The molecule has 0 unspecified atom stereocenters. The van der Waals surface area contributed by atoms with Gasteiger partial charge in [0.05, 0.1) is 46.2 Å². The summed E-state index contributed by atoms with van der Waals surface area (Å²) < 4.78 is 21.6. The number of nitrogens with one attached hydrogen (secondary N) is 1. The molecule has 0 saturated carbocycles. The highest BCUT2D eigenvalue weighted by Crippen LogP contribution is 2.36. The number of hydrogen-bond donors (Lipinski definition) is 1. The number of benzene rings is 2. The highest BCUT2D eigenvalue weighted by atomic mass is 16.5. The lowest BCUT2D eigenvalue weighted by atomic mass is 10.0. The van der Waals surface area contributed by atoms with Gasteiger partial charge in [-0.15, -0.1) is 0 Å². The maximum Gasteiger partial charge on any atom is 0.278 e. The molecule has 0 aliphatic carbocycles. The van der Waals surface area contributed by atoms with Gasteiger partial charge in [0.15, 0.2) is 0 Å². The topological polar surface area (TPSA) is 86.3 Å². The van der Waals surface area contributed by atoms with Crippen molar-refractivity contribution >= 4 is 23.1 Å². The van der Waals surface area contributed by atoms with E-state index >= 15 is 0 Å². The summed E-state index contributed by atoms with van der Waals surface area (Å²) in [5.74, 6) is 0.733. The van der Waals surface area contributed by atoms with Crippen LogP contribution in [0.2, 0.25) is 0 Å². The van der Waals surface area contributed by atoms with Crippen LogP contribution in [0.15, 0.2) is 48.2 Å². The molecule has 1 aliphatic heterocycles. The van der Waals surface area contributed by atoms with Crippen molar-refractivity contribution in [3.8, 4) is 17.2 Å². The highest BCUT2D eigenvalue weighted by molar-refractivity contribution is 6.37.